The lowest BCUT2D eigenvalue weighted by atomic mass is 9.85. The number of rotatable bonds is 10. The number of hydrogen-bond acceptors (Lipinski definition) is 4. The summed E-state index contributed by atoms with van der Waals surface area (Å²) in [6.07, 6.45) is 0.0456. The molecule has 0 saturated heterocycles. The van der Waals surface area contributed by atoms with Crippen molar-refractivity contribution >= 4 is 27.3 Å². The Morgan fingerprint density at radius 2 is 1.69 bits per heavy atom. The minimum atomic E-state index is -0.961. The summed E-state index contributed by atoms with van der Waals surface area (Å²) in [6, 6.07) is 19.7. The summed E-state index contributed by atoms with van der Waals surface area (Å²) in [4.78, 5) is 13.0. The third-order valence-electron chi connectivity index (χ3n) is 6.54. The molecule has 0 bridgehead atoms. The molecule has 0 aliphatic rings. The second kappa shape index (κ2) is 12.4. The average Bonchev–Trinajstić information content (AvgIpc) is 3.27. The fourth-order valence-corrected chi connectivity index (χ4v) is 5.89. The summed E-state index contributed by atoms with van der Waals surface area (Å²) < 4.78 is 28.7. The highest BCUT2D eigenvalue weighted by molar-refractivity contribution is 7.22. The summed E-state index contributed by atoms with van der Waals surface area (Å²) in [6.45, 7) is 8.72. The first-order valence-corrected chi connectivity index (χ1v) is 14.0. The molecule has 0 radical (unpaired) electrons. The zero-order valence-corrected chi connectivity index (χ0v) is 23.7. The smallest absolute Gasteiger partial charge is 0.217 e. The van der Waals surface area contributed by atoms with Gasteiger partial charge in [-0.2, -0.15) is 0 Å². The number of thiophene rings is 1. The maximum absolute atomic E-state index is 13.7. The van der Waals surface area contributed by atoms with Gasteiger partial charge in [0.05, 0.1) is 12.1 Å². The van der Waals surface area contributed by atoms with Crippen LogP contribution in [0.1, 0.15) is 44.4 Å². The largest absolute Gasteiger partial charge is 0.390 e. The van der Waals surface area contributed by atoms with Crippen LogP contribution in [0.25, 0.3) is 20.5 Å². The Bertz CT molecular complexity index is 1390. The summed E-state index contributed by atoms with van der Waals surface area (Å²) in [7, 11) is 0. The fraction of sp³-hybridized carbons (Fsp3) is 0.344. The Balaban J connectivity index is 1.51. The monoisotopic (exact) mass is 550 g/mol. The number of halogens is 2. The van der Waals surface area contributed by atoms with Crippen LogP contribution in [0, 0.1) is 17.0 Å². The Kier molecular flexibility index (Phi) is 9.15. The van der Waals surface area contributed by atoms with E-state index >= 15 is 0 Å². The number of nitrogens with one attached hydrogen (secondary N) is 2. The lowest BCUT2D eigenvalue weighted by molar-refractivity contribution is -0.120. The second-order valence-electron chi connectivity index (χ2n) is 11.4. The van der Waals surface area contributed by atoms with Crippen molar-refractivity contribution in [3.8, 4) is 10.4 Å². The van der Waals surface area contributed by atoms with Gasteiger partial charge in [0.1, 0.15) is 11.6 Å². The van der Waals surface area contributed by atoms with Crippen molar-refractivity contribution in [1.82, 2.24) is 10.6 Å². The first-order chi connectivity index (χ1) is 18.5. The van der Waals surface area contributed by atoms with Crippen molar-refractivity contribution in [2.75, 3.05) is 6.54 Å². The molecule has 7 heteroatoms. The van der Waals surface area contributed by atoms with Crippen molar-refractivity contribution in [1.29, 1.82) is 0 Å². The summed E-state index contributed by atoms with van der Waals surface area (Å²) >= 11 is 1.77. The standard InChI is InChI=1S/C32H36F2N2O2S/c1-20(37)36-28(13-21-11-26(33)16-27(34)12-21)29(38)19-35-18-25-14-23(9-10-24(25)17-32(2,3)4)31-15-22-7-5-6-8-30(22)39-31/h5-12,14-16,28-29,35,38H,13,17-19H2,1-4H3,(H,36,37). The number of aliphatic hydroxyl groups is 1. The van der Waals surface area contributed by atoms with Gasteiger partial charge in [-0.25, -0.2) is 8.78 Å². The molecular formula is C32H36F2N2O2S. The van der Waals surface area contributed by atoms with Gasteiger partial charge in [-0.1, -0.05) is 51.1 Å². The molecule has 39 heavy (non-hydrogen) atoms. The molecule has 1 aromatic heterocycles. The van der Waals surface area contributed by atoms with Gasteiger partial charge in [-0.05, 0) is 76.2 Å². The van der Waals surface area contributed by atoms with E-state index in [9.17, 15) is 18.7 Å². The number of fused-ring (bicyclic) bond motifs is 1. The van der Waals surface area contributed by atoms with Crippen LogP contribution in [0.3, 0.4) is 0 Å². The van der Waals surface area contributed by atoms with E-state index in [0.29, 0.717) is 12.1 Å². The molecule has 0 saturated carbocycles. The van der Waals surface area contributed by atoms with Gasteiger partial charge in [0.15, 0.2) is 0 Å². The molecule has 206 valence electrons. The molecule has 0 fully saturated rings. The number of carbonyl (C=O) groups is 1. The zero-order valence-electron chi connectivity index (χ0n) is 22.9. The van der Waals surface area contributed by atoms with Gasteiger partial charge in [-0.15, -0.1) is 11.3 Å². The van der Waals surface area contributed by atoms with E-state index in [1.165, 1.54) is 39.6 Å². The van der Waals surface area contributed by atoms with Gasteiger partial charge in [0.25, 0.3) is 0 Å². The minimum Gasteiger partial charge on any atom is -0.390 e. The van der Waals surface area contributed by atoms with Crippen molar-refractivity contribution in [3.05, 3.63) is 95.1 Å². The highest BCUT2D eigenvalue weighted by Crippen LogP contribution is 2.35. The molecule has 2 atom stereocenters. The molecule has 0 spiro atoms. The summed E-state index contributed by atoms with van der Waals surface area (Å²) in [5.41, 5.74) is 4.01. The van der Waals surface area contributed by atoms with Crippen molar-refractivity contribution in [2.45, 2.75) is 59.2 Å². The molecule has 1 heterocycles. The van der Waals surface area contributed by atoms with Crippen LogP contribution in [0.5, 0.6) is 0 Å². The van der Waals surface area contributed by atoms with Gasteiger partial charge in [-0.3, -0.25) is 4.79 Å². The van der Waals surface area contributed by atoms with E-state index < -0.39 is 23.8 Å². The van der Waals surface area contributed by atoms with E-state index in [1.807, 2.05) is 6.07 Å². The Morgan fingerprint density at radius 3 is 2.36 bits per heavy atom. The number of amides is 1. The first kappa shape index (κ1) is 28.9. The number of aliphatic hydroxyl groups excluding tert-OH is 1. The molecule has 3 N–H and O–H groups in total. The number of benzene rings is 3. The Labute approximate surface area is 233 Å². The van der Waals surface area contributed by atoms with Gasteiger partial charge >= 0.3 is 0 Å². The molecule has 4 aromatic rings. The lowest BCUT2D eigenvalue weighted by Crippen LogP contribution is -2.48. The topological polar surface area (TPSA) is 61.4 Å². The van der Waals surface area contributed by atoms with Crippen LogP contribution in [-0.4, -0.2) is 29.7 Å². The Hall–Kier alpha value is -3.13. The van der Waals surface area contributed by atoms with Gasteiger partial charge < -0.3 is 15.7 Å². The molecule has 1 amide bonds. The van der Waals surface area contributed by atoms with Crippen molar-refractivity contribution in [2.24, 2.45) is 5.41 Å². The number of carbonyl (C=O) groups excluding carboxylic acids is 1. The highest BCUT2D eigenvalue weighted by Gasteiger charge is 2.22. The maximum Gasteiger partial charge on any atom is 0.217 e. The molecule has 0 aliphatic carbocycles. The normalized spacial score (nSPS) is 13.4. The second-order valence-corrected chi connectivity index (χ2v) is 12.4. The van der Waals surface area contributed by atoms with Crippen LogP contribution in [0.2, 0.25) is 0 Å². The first-order valence-electron chi connectivity index (χ1n) is 13.2. The van der Waals surface area contributed by atoms with Gasteiger partial charge in [0, 0.05) is 35.7 Å². The van der Waals surface area contributed by atoms with Crippen LogP contribution in [0.15, 0.2) is 66.7 Å². The van der Waals surface area contributed by atoms with E-state index in [0.717, 1.165) is 23.6 Å². The summed E-state index contributed by atoms with van der Waals surface area (Å²) in [5.74, 6) is -1.70. The van der Waals surface area contributed by atoms with E-state index in [-0.39, 0.29) is 24.3 Å². The predicted molar refractivity (Wildman–Crippen MR) is 156 cm³/mol. The number of hydrogen-bond donors (Lipinski definition) is 3. The third kappa shape index (κ3) is 8.18. The zero-order chi connectivity index (χ0) is 28.2. The SMILES string of the molecule is CC(=O)NC(Cc1cc(F)cc(F)c1)C(O)CNCc1cc(-c2cc3ccccc3s2)ccc1CC(C)(C)C. The maximum atomic E-state index is 13.7. The summed E-state index contributed by atoms with van der Waals surface area (Å²) in [5, 5.41) is 18.2. The molecule has 4 nitrogen and oxygen atoms in total. The van der Waals surface area contributed by atoms with Crippen LogP contribution in [-0.2, 0) is 24.2 Å². The molecular weight excluding hydrogens is 514 g/mol. The third-order valence-corrected chi connectivity index (χ3v) is 7.70. The van der Waals surface area contributed by atoms with Crippen LogP contribution in [0.4, 0.5) is 8.78 Å². The predicted octanol–water partition coefficient (Wildman–Crippen LogP) is 6.63. The molecule has 3 aromatic carbocycles. The molecule has 2 unspecified atom stereocenters. The molecule has 4 rings (SSSR count). The van der Waals surface area contributed by atoms with E-state index in [4.69, 9.17) is 0 Å². The van der Waals surface area contributed by atoms with E-state index in [1.54, 1.807) is 11.3 Å². The Morgan fingerprint density at radius 1 is 0.974 bits per heavy atom. The van der Waals surface area contributed by atoms with Crippen LogP contribution < -0.4 is 10.6 Å². The fourth-order valence-electron chi connectivity index (χ4n) is 4.84. The van der Waals surface area contributed by atoms with Crippen molar-refractivity contribution in [3.63, 3.8) is 0 Å². The van der Waals surface area contributed by atoms with Gasteiger partial charge in [0.2, 0.25) is 5.91 Å². The quantitative estimate of drug-likeness (QED) is 0.208. The van der Waals surface area contributed by atoms with Crippen molar-refractivity contribution < 1.29 is 18.7 Å². The minimum absolute atomic E-state index is 0.101. The van der Waals surface area contributed by atoms with E-state index in [2.05, 4.69) is 73.9 Å². The van der Waals surface area contributed by atoms with Crippen LogP contribution >= 0.6 is 11.3 Å². The lowest BCUT2D eigenvalue weighted by Gasteiger charge is -2.25. The average molecular weight is 551 g/mol. The molecule has 0 aliphatic heterocycles. The highest BCUT2D eigenvalue weighted by atomic mass is 32.1.